The molecule has 0 aromatic carbocycles. The van der Waals surface area contributed by atoms with Crippen LogP contribution >= 0.6 is 0 Å². The van der Waals surface area contributed by atoms with Crippen LogP contribution in [0.3, 0.4) is 0 Å². The molecule has 0 fully saturated rings. The molecule has 0 amide bonds. The van der Waals surface area contributed by atoms with Crippen molar-refractivity contribution in [3.63, 3.8) is 0 Å². The van der Waals surface area contributed by atoms with Crippen molar-refractivity contribution >= 4 is 5.97 Å². The Kier molecular flexibility index (Phi) is 3.24. The fourth-order valence-corrected chi connectivity index (χ4v) is 1.12. The lowest BCUT2D eigenvalue weighted by molar-refractivity contribution is -0.149. The number of hydrogen-bond acceptors (Lipinski definition) is 4. The Bertz CT molecular complexity index is 293. The third-order valence-corrected chi connectivity index (χ3v) is 1.81. The third-order valence-electron chi connectivity index (χ3n) is 1.81. The van der Waals surface area contributed by atoms with E-state index in [1.165, 1.54) is 0 Å². The van der Waals surface area contributed by atoms with Crippen LogP contribution in [0.15, 0.2) is 18.7 Å². The van der Waals surface area contributed by atoms with Crippen molar-refractivity contribution in [3.8, 4) is 0 Å². The van der Waals surface area contributed by atoms with Crippen LogP contribution in [0.1, 0.15) is 13.8 Å². The standard InChI is InChI=1S/C9H15N3O2/c1-3-14-8(13)9(2,10)6-12-5-4-11-7-12/h4-5,7H,3,6,10H2,1-2H3. The molecule has 78 valence electrons. The second-order valence-electron chi connectivity index (χ2n) is 3.37. The van der Waals surface area contributed by atoms with E-state index in [0.29, 0.717) is 13.2 Å². The van der Waals surface area contributed by atoms with Crippen molar-refractivity contribution in [2.24, 2.45) is 5.73 Å². The number of rotatable bonds is 4. The zero-order valence-electron chi connectivity index (χ0n) is 8.43. The molecule has 1 heterocycles. The fraction of sp³-hybridized carbons (Fsp3) is 0.556. The first-order chi connectivity index (χ1) is 6.56. The first-order valence-electron chi connectivity index (χ1n) is 4.48. The number of carbonyl (C=O) groups is 1. The quantitative estimate of drug-likeness (QED) is 0.698. The molecule has 1 atom stereocenters. The molecule has 2 N–H and O–H groups in total. The fourth-order valence-electron chi connectivity index (χ4n) is 1.12. The van der Waals surface area contributed by atoms with Gasteiger partial charge in [-0.15, -0.1) is 0 Å². The van der Waals surface area contributed by atoms with E-state index in [2.05, 4.69) is 4.98 Å². The molecule has 0 spiro atoms. The molecule has 1 rings (SSSR count). The van der Waals surface area contributed by atoms with Gasteiger partial charge >= 0.3 is 5.97 Å². The maximum Gasteiger partial charge on any atom is 0.327 e. The Balaban J connectivity index is 2.61. The maximum atomic E-state index is 11.4. The van der Waals surface area contributed by atoms with Gasteiger partial charge in [-0.25, -0.2) is 9.78 Å². The van der Waals surface area contributed by atoms with Gasteiger partial charge in [0.25, 0.3) is 0 Å². The van der Waals surface area contributed by atoms with Crippen LogP contribution in [0.4, 0.5) is 0 Å². The molecular weight excluding hydrogens is 182 g/mol. The number of hydrogen-bond donors (Lipinski definition) is 1. The van der Waals surface area contributed by atoms with Crippen LogP contribution in [-0.2, 0) is 16.1 Å². The normalized spacial score (nSPS) is 14.8. The lowest BCUT2D eigenvalue weighted by atomic mass is 10.1. The lowest BCUT2D eigenvalue weighted by Gasteiger charge is -2.22. The lowest BCUT2D eigenvalue weighted by Crippen LogP contribution is -2.49. The van der Waals surface area contributed by atoms with Crippen LogP contribution in [0, 0.1) is 0 Å². The van der Waals surface area contributed by atoms with Crippen molar-refractivity contribution in [2.75, 3.05) is 6.61 Å². The number of imidazole rings is 1. The van der Waals surface area contributed by atoms with Gasteiger partial charge < -0.3 is 15.0 Å². The molecule has 5 nitrogen and oxygen atoms in total. The zero-order valence-corrected chi connectivity index (χ0v) is 8.43. The van der Waals surface area contributed by atoms with Gasteiger partial charge in [0.2, 0.25) is 0 Å². The zero-order chi connectivity index (χ0) is 10.6. The van der Waals surface area contributed by atoms with Crippen LogP contribution in [0.25, 0.3) is 0 Å². The highest BCUT2D eigenvalue weighted by molar-refractivity contribution is 5.79. The summed E-state index contributed by atoms with van der Waals surface area (Å²) in [5, 5.41) is 0. The summed E-state index contributed by atoms with van der Waals surface area (Å²) < 4.78 is 6.60. The minimum atomic E-state index is -1.00. The molecule has 1 aromatic heterocycles. The highest BCUT2D eigenvalue weighted by Crippen LogP contribution is 2.06. The predicted molar refractivity (Wildman–Crippen MR) is 51.5 cm³/mol. The van der Waals surface area contributed by atoms with E-state index < -0.39 is 11.5 Å². The Labute approximate surface area is 82.9 Å². The van der Waals surface area contributed by atoms with Crippen molar-refractivity contribution < 1.29 is 9.53 Å². The van der Waals surface area contributed by atoms with Crippen molar-refractivity contribution in [3.05, 3.63) is 18.7 Å². The van der Waals surface area contributed by atoms with Crippen LogP contribution in [0.2, 0.25) is 0 Å². The summed E-state index contributed by atoms with van der Waals surface area (Å²) in [6.45, 7) is 4.11. The summed E-state index contributed by atoms with van der Waals surface area (Å²) in [7, 11) is 0. The topological polar surface area (TPSA) is 70.1 Å². The Morgan fingerprint density at radius 3 is 2.93 bits per heavy atom. The summed E-state index contributed by atoms with van der Waals surface area (Å²) in [5.41, 5.74) is 4.81. The van der Waals surface area contributed by atoms with Crippen LogP contribution in [-0.4, -0.2) is 27.7 Å². The molecular formula is C9H15N3O2. The predicted octanol–water partition coefficient (Wildman–Crippen LogP) is 0.164. The largest absolute Gasteiger partial charge is 0.465 e. The first-order valence-corrected chi connectivity index (χ1v) is 4.48. The highest BCUT2D eigenvalue weighted by Gasteiger charge is 2.30. The van der Waals surface area contributed by atoms with E-state index >= 15 is 0 Å². The third kappa shape index (κ3) is 2.56. The maximum absolute atomic E-state index is 11.4. The second-order valence-corrected chi connectivity index (χ2v) is 3.37. The van der Waals surface area contributed by atoms with Gasteiger partial charge in [0, 0.05) is 12.4 Å². The van der Waals surface area contributed by atoms with Gasteiger partial charge in [0.1, 0.15) is 5.54 Å². The number of nitrogens with two attached hydrogens (primary N) is 1. The van der Waals surface area contributed by atoms with E-state index in [1.54, 1.807) is 37.1 Å². The minimum absolute atomic E-state index is 0.343. The number of ether oxygens (including phenoxy) is 1. The van der Waals surface area contributed by atoms with E-state index in [4.69, 9.17) is 10.5 Å². The highest BCUT2D eigenvalue weighted by atomic mass is 16.5. The average Bonchev–Trinajstić information content (AvgIpc) is 2.56. The molecule has 0 radical (unpaired) electrons. The van der Waals surface area contributed by atoms with Gasteiger partial charge in [-0.05, 0) is 13.8 Å². The number of carbonyl (C=O) groups excluding carboxylic acids is 1. The Morgan fingerprint density at radius 2 is 2.43 bits per heavy atom. The summed E-state index contributed by atoms with van der Waals surface area (Å²) in [5.74, 6) is -0.395. The van der Waals surface area contributed by atoms with E-state index in [1.807, 2.05) is 0 Å². The van der Waals surface area contributed by atoms with Gasteiger partial charge in [-0.2, -0.15) is 0 Å². The second kappa shape index (κ2) is 4.23. The van der Waals surface area contributed by atoms with E-state index in [-0.39, 0.29) is 0 Å². The first kappa shape index (κ1) is 10.7. The van der Waals surface area contributed by atoms with E-state index in [0.717, 1.165) is 0 Å². The van der Waals surface area contributed by atoms with Gasteiger partial charge in [-0.1, -0.05) is 0 Å². The molecule has 0 saturated heterocycles. The number of esters is 1. The molecule has 1 unspecified atom stereocenters. The van der Waals surface area contributed by atoms with Crippen molar-refractivity contribution in [2.45, 2.75) is 25.9 Å². The molecule has 0 saturated carbocycles. The molecule has 0 bridgehead atoms. The Hall–Kier alpha value is -1.36. The summed E-state index contributed by atoms with van der Waals surface area (Å²) in [6, 6.07) is 0. The summed E-state index contributed by atoms with van der Waals surface area (Å²) >= 11 is 0. The number of aromatic nitrogens is 2. The van der Waals surface area contributed by atoms with E-state index in [9.17, 15) is 4.79 Å². The molecule has 14 heavy (non-hydrogen) atoms. The Morgan fingerprint density at radius 1 is 1.71 bits per heavy atom. The SMILES string of the molecule is CCOC(=O)C(C)(N)Cn1ccnc1. The molecule has 0 aliphatic rings. The smallest absolute Gasteiger partial charge is 0.327 e. The molecule has 0 aliphatic carbocycles. The molecule has 1 aromatic rings. The van der Waals surface area contributed by atoms with Crippen molar-refractivity contribution in [1.82, 2.24) is 9.55 Å². The number of nitrogens with zero attached hydrogens (tertiary/aromatic N) is 2. The van der Waals surface area contributed by atoms with Crippen LogP contribution < -0.4 is 5.73 Å². The summed E-state index contributed by atoms with van der Waals surface area (Å²) in [4.78, 5) is 15.3. The molecule has 5 heteroatoms. The van der Waals surface area contributed by atoms with Gasteiger partial charge in [0.15, 0.2) is 0 Å². The van der Waals surface area contributed by atoms with Crippen molar-refractivity contribution in [1.29, 1.82) is 0 Å². The monoisotopic (exact) mass is 197 g/mol. The molecule has 0 aliphatic heterocycles. The summed E-state index contributed by atoms with van der Waals surface area (Å²) in [6.07, 6.45) is 5.01. The van der Waals surface area contributed by atoms with Gasteiger partial charge in [-0.3, -0.25) is 0 Å². The minimum Gasteiger partial charge on any atom is -0.465 e. The average molecular weight is 197 g/mol. The van der Waals surface area contributed by atoms with Crippen LogP contribution in [0.5, 0.6) is 0 Å². The van der Waals surface area contributed by atoms with Gasteiger partial charge in [0.05, 0.1) is 19.5 Å².